The zero-order chi connectivity index (χ0) is 19.2. The molecule has 0 aromatic heterocycles. The highest BCUT2D eigenvalue weighted by Gasteiger charge is 2.24. The molecule has 10 heteroatoms. The summed E-state index contributed by atoms with van der Waals surface area (Å²) in [6.07, 6.45) is 0.796. The van der Waals surface area contributed by atoms with Crippen molar-refractivity contribution in [3.05, 3.63) is 23.8 Å². The zero-order valence-electron chi connectivity index (χ0n) is 16.0. The van der Waals surface area contributed by atoms with Crippen molar-refractivity contribution in [3.8, 4) is 0 Å². The summed E-state index contributed by atoms with van der Waals surface area (Å²) in [4.78, 5) is 14.9. The molecular formula is C17H29ClN4O4S. The predicted octanol–water partition coefficient (Wildman–Crippen LogP) is 0.535. The molecule has 1 saturated heterocycles. The van der Waals surface area contributed by atoms with Gasteiger partial charge in [0.15, 0.2) is 0 Å². The Hall–Kier alpha value is -1.39. The Morgan fingerprint density at radius 1 is 1.22 bits per heavy atom. The smallest absolute Gasteiger partial charge is 0.253 e. The third-order valence-corrected chi connectivity index (χ3v) is 6.04. The molecule has 0 unspecified atom stereocenters. The van der Waals surface area contributed by atoms with Crippen LogP contribution < -0.4 is 15.5 Å². The number of ether oxygens (including phenoxy) is 1. The van der Waals surface area contributed by atoms with Crippen molar-refractivity contribution in [3.63, 3.8) is 0 Å². The second-order valence-electron chi connectivity index (χ2n) is 6.28. The summed E-state index contributed by atoms with van der Waals surface area (Å²) in [5, 5.41) is 5.90. The highest BCUT2D eigenvalue weighted by molar-refractivity contribution is 7.89. The van der Waals surface area contributed by atoms with Crippen molar-refractivity contribution in [1.82, 2.24) is 14.9 Å². The van der Waals surface area contributed by atoms with Gasteiger partial charge in [0, 0.05) is 39.4 Å². The van der Waals surface area contributed by atoms with Crippen LogP contribution >= 0.6 is 12.4 Å². The minimum Gasteiger partial charge on any atom is -0.378 e. The van der Waals surface area contributed by atoms with Gasteiger partial charge in [0.2, 0.25) is 10.0 Å². The van der Waals surface area contributed by atoms with E-state index in [1.54, 1.807) is 12.1 Å². The van der Waals surface area contributed by atoms with Crippen LogP contribution in [0.25, 0.3) is 0 Å². The number of nitrogens with zero attached hydrogens (tertiary/aromatic N) is 2. The van der Waals surface area contributed by atoms with Crippen LogP contribution in [-0.2, 0) is 14.8 Å². The summed E-state index contributed by atoms with van der Waals surface area (Å²) in [7, 11) is 1.20. The van der Waals surface area contributed by atoms with Gasteiger partial charge >= 0.3 is 0 Å². The van der Waals surface area contributed by atoms with E-state index in [9.17, 15) is 13.2 Å². The first-order valence-electron chi connectivity index (χ1n) is 8.70. The lowest BCUT2D eigenvalue weighted by Crippen LogP contribution is -2.38. The molecule has 0 atom stereocenters. The number of amides is 1. The van der Waals surface area contributed by atoms with Gasteiger partial charge < -0.3 is 20.3 Å². The number of hydrogen-bond donors (Lipinski definition) is 2. The summed E-state index contributed by atoms with van der Waals surface area (Å²) in [6, 6.07) is 4.73. The molecule has 1 amide bonds. The second-order valence-corrected chi connectivity index (χ2v) is 8.43. The highest BCUT2D eigenvalue weighted by Crippen LogP contribution is 2.26. The number of rotatable bonds is 8. The number of halogens is 1. The van der Waals surface area contributed by atoms with Crippen molar-refractivity contribution in [1.29, 1.82) is 0 Å². The Balaban J connectivity index is 0.00000364. The Morgan fingerprint density at radius 2 is 1.89 bits per heavy atom. The first kappa shape index (κ1) is 23.6. The first-order chi connectivity index (χ1) is 12.4. The van der Waals surface area contributed by atoms with Crippen molar-refractivity contribution in [2.24, 2.45) is 0 Å². The number of nitrogens with one attached hydrogen (secondary N) is 2. The maximum absolute atomic E-state index is 12.7. The van der Waals surface area contributed by atoms with Gasteiger partial charge in [-0.3, -0.25) is 4.79 Å². The molecule has 2 rings (SSSR count). The molecule has 1 aliphatic heterocycles. The lowest BCUT2D eigenvalue weighted by molar-refractivity contribution is 0.0951. The molecule has 0 radical (unpaired) electrons. The first-order valence-corrected chi connectivity index (χ1v) is 10.1. The molecule has 1 fully saturated rings. The highest BCUT2D eigenvalue weighted by atomic mass is 35.5. The average molecular weight is 421 g/mol. The third-order valence-electron chi connectivity index (χ3n) is 4.23. The topological polar surface area (TPSA) is 91.0 Å². The van der Waals surface area contributed by atoms with Crippen LogP contribution in [0.2, 0.25) is 0 Å². The molecule has 1 aliphatic rings. The zero-order valence-corrected chi connectivity index (χ0v) is 17.7. The van der Waals surface area contributed by atoms with Gasteiger partial charge in [-0.15, -0.1) is 12.4 Å². The Kier molecular flexibility index (Phi) is 9.48. The van der Waals surface area contributed by atoms with Crippen LogP contribution in [-0.4, -0.2) is 79.2 Å². The third kappa shape index (κ3) is 6.05. The molecular weight excluding hydrogens is 392 g/mol. The Bertz CT molecular complexity index is 722. The SMILES string of the molecule is CNCCCNC(=O)c1cc(S(=O)(=O)N(C)C)ccc1N1CCOCC1.Cl. The molecule has 27 heavy (non-hydrogen) atoms. The number of anilines is 1. The van der Waals surface area contributed by atoms with Crippen LogP contribution in [0.5, 0.6) is 0 Å². The number of morpholine rings is 1. The number of hydrogen-bond acceptors (Lipinski definition) is 6. The Morgan fingerprint density at radius 3 is 2.48 bits per heavy atom. The van der Waals surface area contributed by atoms with E-state index in [0.29, 0.717) is 38.4 Å². The number of carbonyl (C=O) groups excluding carboxylic acids is 1. The van der Waals surface area contributed by atoms with E-state index >= 15 is 0 Å². The van der Waals surface area contributed by atoms with Crippen molar-refractivity contribution >= 4 is 34.0 Å². The predicted molar refractivity (Wildman–Crippen MR) is 108 cm³/mol. The minimum absolute atomic E-state index is 0. The largest absolute Gasteiger partial charge is 0.378 e. The lowest BCUT2D eigenvalue weighted by atomic mass is 10.1. The van der Waals surface area contributed by atoms with Crippen molar-refractivity contribution in [2.75, 3.05) is 65.4 Å². The monoisotopic (exact) mass is 420 g/mol. The summed E-state index contributed by atoms with van der Waals surface area (Å²) >= 11 is 0. The van der Waals surface area contributed by atoms with Crippen LogP contribution in [0.3, 0.4) is 0 Å². The molecule has 1 aromatic rings. The Labute approximate surface area is 167 Å². The van der Waals surface area contributed by atoms with E-state index in [1.807, 2.05) is 7.05 Å². The van der Waals surface area contributed by atoms with Crippen LogP contribution in [0.15, 0.2) is 23.1 Å². The summed E-state index contributed by atoms with van der Waals surface area (Å²) in [5.41, 5.74) is 1.11. The fourth-order valence-corrected chi connectivity index (χ4v) is 3.64. The van der Waals surface area contributed by atoms with Crippen molar-refractivity contribution < 1.29 is 17.9 Å². The number of benzene rings is 1. The fraction of sp³-hybridized carbons (Fsp3) is 0.588. The molecule has 154 valence electrons. The lowest BCUT2D eigenvalue weighted by Gasteiger charge is -2.30. The van der Waals surface area contributed by atoms with Gasteiger partial charge in [-0.25, -0.2) is 12.7 Å². The minimum atomic E-state index is -3.61. The molecule has 0 spiro atoms. The van der Waals surface area contributed by atoms with Gasteiger partial charge in [0.05, 0.1) is 23.7 Å². The summed E-state index contributed by atoms with van der Waals surface area (Å²) < 4.78 is 31.4. The van der Waals surface area contributed by atoms with E-state index in [2.05, 4.69) is 15.5 Å². The average Bonchev–Trinajstić information content (AvgIpc) is 2.65. The molecule has 0 aliphatic carbocycles. The maximum Gasteiger partial charge on any atom is 0.253 e. The molecule has 2 N–H and O–H groups in total. The standard InChI is InChI=1S/C17H28N4O4S.ClH/c1-18-7-4-8-19-17(22)15-13-14(26(23,24)20(2)3)5-6-16(15)21-9-11-25-12-10-21;/h5-6,13,18H,4,7-12H2,1-3H3,(H,19,22);1H. The van der Waals surface area contributed by atoms with E-state index in [1.165, 1.54) is 20.2 Å². The van der Waals surface area contributed by atoms with Gasteiger partial charge in [0.1, 0.15) is 0 Å². The number of sulfonamides is 1. The second kappa shape index (κ2) is 10.8. The molecule has 1 aromatic carbocycles. The molecule has 1 heterocycles. The number of carbonyl (C=O) groups is 1. The quantitative estimate of drug-likeness (QED) is 0.596. The molecule has 0 bridgehead atoms. The fourth-order valence-electron chi connectivity index (χ4n) is 2.71. The van der Waals surface area contributed by atoms with E-state index in [4.69, 9.17) is 4.74 Å². The van der Waals surface area contributed by atoms with E-state index in [-0.39, 0.29) is 23.2 Å². The van der Waals surface area contributed by atoms with Gasteiger partial charge in [0.25, 0.3) is 5.91 Å². The van der Waals surface area contributed by atoms with Crippen molar-refractivity contribution in [2.45, 2.75) is 11.3 Å². The normalized spacial score (nSPS) is 14.7. The summed E-state index contributed by atoms with van der Waals surface area (Å²) in [5.74, 6) is -0.265. The molecule has 0 saturated carbocycles. The van der Waals surface area contributed by atoms with Gasteiger partial charge in [-0.1, -0.05) is 0 Å². The van der Waals surface area contributed by atoms with Gasteiger partial charge in [-0.2, -0.15) is 0 Å². The van der Waals surface area contributed by atoms with Gasteiger partial charge in [-0.05, 0) is 38.2 Å². The van der Waals surface area contributed by atoms with E-state index in [0.717, 1.165) is 23.0 Å². The molecule has 8 nitrogen and oxygen atoms in total. The maximum atomic E-state index is 12.7. The van der Waals surface area contributed by atoms with E-state index < -0.39 is 10.0 Å². The van der Waals surface area contributed by atoms with Crippen LogP contribution in [0.4, 0.5) is 5.69 Å². The summed E-state index contributed by atoms with van der Waals surface area (Å²) in [6.45, 7) is 3.82. The van der Waals surface area contributed by atoms with Crippen LogP contribution in [0.1, 0.15) is 16.8 Å². The van der Waals surface area contributed by atoms with Crippen LogP contribution in [0, 0.1) is 0 Å².